The predicted octanol–water partition coefficient (Wildman–Crippen LogP) is 2.52. The number of nitrogens with zero attached hydrogens (tertiary/aromatic N) is 1. The van der Waals surface area contributed by atoms with Crippen LogP contribution in [0.25, 0.3) is 0 Å². The molecular weight excluding hydrogens is 182 g/mol. The first kappa shape index (κ1) is 8.26. The summed E-state index contributed by atoms with van der Waals surface area (Å²) >= 11 is 1.44. The van der Waals surface area contributed by atoms with E-state index in [1.807, 2.05) is 35.7 Å². The average Bonchev–Trinajstić information content (AvgIpc) is 2.69. The molecule has 0 saturated heterocycles. The Kier molecular flexibility index (Phi) is 2.57. The highest BCUT2D eigenvalue weighted by Gasteiger charge is 1.95. The van der Waals surface area contributed by atoms with E-state index in [9.17, 15) is 0 Å². The summed E-state index contributed by atoms with van der Waals surface area (Å²) in [5.74, 6) is 0.853. The molecule has 1 radical (unpaired) electrons. The fourth-order valence-corrected chi connectivity index (χ4v) is 1.46. The van der Waals surface area contributed by atoms with Gasteiger partial charge in [0.25, 0.3) is 0 Å². The second-order valence-corrected chi connectivity index (χ2v) is 3.18. The van der Waals surface area contributed by atoms with Crippen LogP contribution in [0.4, 0.5) is 0 Å². The third-order valence-electron chi connectivity index (χ3n) is 1.57. The zero-order valence-electron chi connectivity index (χ0n) is 6.93. The molecule has 0 amide bonds. The molecule has 65 valence electrons. The summed E-state index contributed by atoms with van der Waals surface area (Å²) in [6, 6.07) is 12.3. The molecule has 0 aliphatic heterocycles. The molecule has 2 rings (SSSR count). The molecule has 2 nitrogen and oxygen atoms in total. The van der Waals surface area contributed by atoms with Crippen LogP contribution in [-0.2, 0) is 6.61 Å². The molecule has 0 spiro atoms. The number of rotatable bonds is 3. The second-order valence-electron chi connectivity index (χ2n) is 2.52. The first-order valence-corrected chi connectivity index (χ1v) is 4.77. The molecule has 1 aromatic heterocycles. The van der Waals surface area contributed by atoms with Gasteiger partial charge in [-0.05, 0) is 35.8 Å². The molecular formula is C10H8NOS. The lowest BCUT2D eigenvalue weighted by Crippen LogP contribution is -1.94. The fraction of sp³-hybridized carbons (Fsp3) is 0.100. The maximum atomic E-state index is 5.47. The van der Waals surface area contributed by atoms with E-state index in [-0.39, 0.29) is 0 Å². The van der Waals surface area contributed by atoms with Crippen molar-refractivity contribution in [3.05, 3.63) is 47.5 Å². The van der Waals surface area contributed by atoms with E-state index in [1.54, 1.807) is 0 Å². The number of hydrogen-bond acceptors (Lipinski definition) is 3. The third kappa shape index (κ3) is 2.29. The lowest BCUT2D eigenvalue weighted by molar-refractivity contribution is 0.302. The van der Waals surface area contributed by atoms with Crippen LogP contribution in [0.5, 0.6) is 5.75 Å². The number of hydrogen-bond donors (Lipinski definition) is 0. The Balaban J connectivity index is 1.94. The van der Waals surface area contributed by atoms with Crippen LogP contribution < -0.4 is 4.74 Å². The highest BCUT2D eigenvalue weighted by molar-refractivity contribution is 7.03. The lowest BCUT2D eigenvalue weighted by atomic mass is 10.3. The van der Waals surface area contributed by atoms with Gasteiger partial charge in [-0.2, -0.15) is 4.37 Å². The van der Waals surface area contributed by atoms with Crippen molar-refractivity contribution in [3.63, 3.8) is 0 Å². The quantitative estimate of drug-likeness (QED) is 0.742. The molecule has 0 unspecified atom stereocenters. The van der Waals surface area contributed by atoms with Crippen molar-refractivity contribution >= 4 is 11.5 Å². The minimum Gasteiger partial charge on any atom is -0.487 e. The molecule has 0 saturated carbocycles. The number of ether oxygens (including phenoxy) is 1. The van der Waals surface area contributed by atoms with Crippen molar-refractivity contribution in [1.82, 2.24) is 4.37 Å². The third-order valence-corrected chi connectivity index (χ3v) is 2.16. The van der Waals surface area contributed by atoms with Gasteiger partial charge in [0.2, 0.25) is 0 Å². The molecule has 0 N–H and O–H groups in total. The van der Waals surface area contributed by atoms with Gasteiger partial charge in [0, 0.05) is 5.38 Å². The second kappa shape index (κ2) is 4.05. The molecule has 13 heavy (non-hydrogen) atoms. The summed E-state index contributed by atoms with van der Waals surface area (Å²) in [5.41, 5.74) is 0.970. The van der Waals surface area contributed by atoms with Crippen molar-refractivity contribution in [1.29, 1.82) is 0 Å². The van der Waals surface area contributed by atoms with Gasteiger partial charge in [0.1, 0.15) is 12.4 Å². The minimum absolute atomic E-state index is 0.535. The highest BCUT2D eigenvalue weighted by Crippen LogP contribution is 2.10. The van der Waals surface area contributed by atoms with Crippen LogP contribution in [0.15, 0.2) is 35.7 Å². The summed E-state index contributed by atoms with van der Waals surface area (Å²) in [6.45, 7) is 0.535. The first-order valence-electron chi connectivity index (χ1n) is 3.93. The molecule has 0 aliphatic carbocycles. The topological polar surface area (TPSA) is 22.1 Å². The van der Waals surface area contributed by atoms with Gasteiger partial charge in [0.15, 0.2) is 0 Å². The number of aromatic nitrogens is 1. The Bertz CT molecular complexity index is 344. The van der Waals surface area contributed by atoms with Crippen LogP contribution in [0.3, 0.4) is 0 Å². The van der Waals surface area contributed by atoms with Crippen LogP contribution in [0.2, 0.25) is 0 Å². The van der Waals surface area contributed by atoms with Crippen molar-refractivity contribution in [2.75, 3.05) is 0 Å². The van der Waals surface area contributed by atoms with Crippen LogP contribution in [-0.4, -0.2) is 4.37 Å². The maximum Gasteiger partial charge on any atom is 0.131 e. The van der Waals surface area contributed by atoms with Crippen LogP contribution in [0.1, 0.15) is 5.69 Å². The molecule has 3 heteroatoms. The summed E-state index contributed by atoms with van der Waals surface area (Å²) in [5, 5.41) is 1.94. The van der Waals surface area contributed by atoms with Crippen LogP contribution >= 0.6 is 11.5 Å². The van der Waals surface area contributed by atoms with E-state index in [4.69, 9.17) is 4.74 Å². The average molecular weight is 190 g/mol. The van der Waals surface area contributed by atoms with Crippen molar-refractivity contribution in [2.24, 2.45) is 0 Å². The van der Waals surface area contributed by atoms with Crippen molar-refractivity contribution < 1.29 is 4.74 Å². The number of benzene rings is 1. The van der Waals surface area contributed by atoms with Gasteiger partial charge < -0.3 is 4.74 Å². The monoisotopic (exact) mass is 190 g/mol. The van der Waals surface area contributed by atoms with E-state index >= 15 is 0 Å². The molecule has 1 heterocycles. The Morgan fingerprint density at radius 3 is 2.85 bits per heavy atom. The Labute approximate surface area is 81.0 Å². The van der Waals surface area contributed by atoms with E-state index < -0.39 is 0 Å². The predicted molar refractivity (Wildman–Crippen MR) is 51.7 cm³/mol. The summed E-state index contributed by atoms with van der Waals surface area (Å²) in [4.78, 5) is 0. The highest BCUT2D eigenvalue weighted by atomic mass is 32.1. The van der Waals surface area contributed by atoms with E-state index in [0.717, 1.165) is 11.4 Å². The van der Waals surface area contributed by atoms with Gasteiger partial charge in [-0.15, -0.1) is 0 Å². The van der Waals surface area contributed by atoms with Crippen molar-refractivity contribution in [2.45, 2.75) is 6.61 Å². The molecule has 2 aromatic rings. The van der Waals surface area contributed by atoms with E-state index in [2.05, 4.69) is 10.4 Å². The van der Waals surface area contributed by atoms with Gasteiger partial charge in [-0.3, -0.25) is 0 Å². The SMILES string of the molecule is [c]1ccc(OCc2ccsn2)cc1. The standard InChI is InChI=1S/C10H8NOS/c1-2-4-10(5-3-1)12-8-9-6-7-13-11-9/h2-7H,8H2. The largest absolute Gasteiger partial charge is 0.487 e. The molecule has 0 atom stereocenters. The lowest BCUT2D eigenvalue weighted by Gasteiger charge is -2.02. The summed E-state index contributed by atoms with van der Waals surface area (Å²) in [6.07, 6.45) is 0. The Morgan fingerprint density at radius 1 is 1.31 bits per heavy atom. The Hall–Kier alpha value is -1.35. The molecule has 0 aliphatic rings. The van der Waals surface area contributed by atoms with Gasteiger partial charge in [0.05, 0.1) is 5.69 Å². The summed E-state index contributed by atoms with van der Waals surface area (Å²) < 4.78 is 9.61. The zero-order valence-corrected chi connectivity index (χ0v) is 7.75. The van der Waals surface area contributed by atoms with E-state index in [0.29, 0.717) is 6.61 Å². The maximum absolute atomic E-state index is 5.47. The first-order chi connectivity index (χ1) is 6.45. The Morgan fingerprint density at radius 2 is 2.15 bits per heavy atom. The smallest absolute Gasteiger partial charge is 0.131 e. The van der Waals surface area contributed by atoms with Gasteiger partial charge in [-0.1, -0.05) is 12.1 Å². The van der Waals surface area contributed by atoms with Gasteiger partial charge in [-0.25, -0.2) is 0 Å². The fourth-order valence-electron chi connectivity index (χ4n) is 0.937. The van der Waals surface area contributed by atoms with Gasteiger partial charge >= 0.3 is 0 Å². The molecule has 0 bridgehead atoms. The van der Waals surface area contributed by atoms with Crippen LogP contribution in [0, 0.1) is 6.07 Å². The zero-order chi connectivity index (χ0) is 8.93. The molecule has 1 aromatic carbocycles. The normalized spacial score (nSPS) is 9.85. The summed E-state index contributed by atoms with van der Waals surface area (Å²) in [7, 11) is 0. The molecule has 0 fully saturated rings. The van der Waals surface area contributed by atoms with E-state index in [1.165, 1.54) is 11.5 Å². The van der Waals surface area contributed by atoms with Crippen molar-refractivity contribution in [3.8, 4) is 5.75 Å². The minimum atomic E-state index is 0.535.